The third-order valence-electron chi connectivity index (χ3n) is 2.19. The van der Waals surface area contributed by atoms with E-state index in [1.807, 2.05) is 6.92 Å². The zero-order chi connectivity index (χ0) is 10.6. The minimum Gasteiger partial charge on any atom is -0.391 e. The van der Waals surface area contributed by atoms with E-state index in [0.29, 0.717) is 12.5 Å². The van der Waals surface area contributed by atoms with E-state index in [-0.39, 0.29) is 6.54 Å². The van der Waals surface area contributed by atoms with Gasteiger partial charge in [0, 0.05) is 13.1 Å². The summed E-state index contributed by atoms with van der Waals surface area (Å²) in [4.78, 5) is 0. The largest absolute Gasteiger partial charge is 0.391 e. The fraction of sp³-hybridized carbons (Fsp3) is 1.00. The van der Waals surface area contributed by atoms with Gasteiger partial charge in [0.15, 0.2) is 0 Å². The van der Waals surface area contributed by atoms with Crippen LogP contribution in [0.3, 0.4) is 0 Å². The molecule has 5 nitrogen and oxygen atoms in total. The summed E-state index contributed by atoms with van der Waals surface area (Å²) in [6.07, 6.45) is 2.23. The van der Waals surface area contributed by atoms with Gasteiger partial charge >= 0.3 is 0 Å². The lowest BCUT2D eigenvalue weighted by molar-refractivity contribution is 0.155. The summed E-state index contributed by atoms with van der Waals surface area (Å²) >= 11 is 0. The summed E-state index contributed by atoms with van der Waals surface area (Å²) in [5.41, 5.74) is 0. The molecule has 1 aliphatic carbocycles. The number of hydrogen-bond acceptors (Lipinski definition) is 3. The zero-order valence-corrected chi connectivity index (χ0v) is 9.18. The van der Waals surface area contributed by atoms with Gasteiger partial charge in [-0.05, 0) is 25.2 Å². The van der Waals surface area contributed by atoms with Crippen LogP contribution in [0, 0.1) is 5.92 Å². The summed E-state index contributed by atoms with van der Waals surface area (Å²) in [6, 6.07) is 0. The van der Waals surface area contributed by atoms with Gasteiger partial charge in [-0.15, -0.1) is 0 Å². The lowest BCUT2D eigenvalue weighted by Gasteiger charge is -2.11. The number of hydrogen-bond donors (Lipinski definition) is 3. The summed E-state index contributed by atoms with van der Waals surface area (Å²) in [5.74, 6) is 0.295. The molecule has 0 heterocycles. The maximum atomic E-state index is 11.2. The molecule has 0 aromatic carbocycles. The van der Waals surface area contributed by atoms with Crippen LogP contribution in [0.25, 0.3) is 0 Å². The van der Waals surface area contributed by atoms with Crippen LogP contribution >= 0.6 is 0 Å². The molecule has 0 radical (unpaired) electrons. The molecular weight excluding hydrogens is 204 g/mol. The summed E-state index contributed by atoms with van der Waals surface area (Å²) < 4.78 is 27.1. The standard InChI is InChI=1S/C8H18N2O3S/c1-2-5-9-14(12,13)10-6-8(11)7-3-4-7/h7-11H,2-6H2,1H3. The van der Waals surface area contributed by atoms with Crippen LogP contribution in [0.4, 0.5) is 0 Å². The van der Waals surface area contributed by atoms with E-state index in [1.54, 1.807) is 0 Å². The van der Waals surface area contributed by atoms with Crippen molar-refractivity contribution in [2.75, 3.05) is 13.1 Å². The molecule has 1 atom stereocenters. The van der Waals surface area contributed by atoms with Crippen LogP contribution in [0.5, 0.6) is 0 Å². The minimum atomic E-state index is -3.40. The molecule has 1 fully saturated rings. The van der Waals surface area contributed by atoms with Crippen molar-refractivity contribution in [3.05, 3.63) is 0 Å². The van der Waals surface area contributed by atoms with Crippen molar-refractivity contribution in [3.63, 3.8) is 0 Å². The van der Waals surface area contributed by atoms with Crippen LogP contribution in [-0.4, -0.2) is 32.7 Å². The lowest BCUT2D eigenvalue weighted by Crippen LogP contribution is -2.41. The lowest BCUT2D eigenvalue weighted by atomic mass is 10.2. The Labute approximate surface area is 85.1 Å². The second-order valence-corrected chi connectivity index (χ2v) is 5.24. The Morgan fingerprint density at radius 3 is 2.57 bits per heavy atom. The molecule has 0 saturated heterocycles. The van der Waals surface area contributed by atoms with E-state index in [9.17, 15) is 13.5 Å². The van der Waals surface area contributed by atoms with Gasteiger partial charge in [-0.1, -0.05) is 6.92 Å². The quantitative estimate of drug-likeness (QED) is 0.548. The van der Waals surface area contributed by atoms with Crippen molar-refractivity contribution in [2.24, 2.45) is 5.92 Å². The van der Waals surface area contributed by atoms with Gasteiger partial charge < -0.3 is 5.11 Å². The Bertz CT molecular complexity index is 262. The average molecular weight is 222 g/mol. The molecular formula is C8H18N2O3S. The van der Waals surface area contributed by atoms with Gasteiger partial charge in [0.05, 0.1) is 6.10 Å². The van der Waals surface area contributed by atoms with Crippen molar-refractivity contribution in [2.45, 2.75) is 32.3 Å². The first-order valence-corrected chi connectivity index (χ1v) is 6.46. The van der Waals surface area contributed by atoms with Crippen molar-refractivity contribution in [1.82, 2.24) is 9.44 Å². The predicted molar refractivity (Wildman–Crippen MR) is 53.9 cm³/mol. The van der Waals surface area contributed by atoms with Crippen LogP contribution in [0.15, 0.2) is 0 Å². The molecule has 3 N–H and O–H groups in total. The number of nitrogens with one attached hydrogen (secondary N) is 2. The highest BCUT2D eigenvalue weighted by molar-refractivity contribution is 7.87. The summed E-state index contributed by atoms with van der Waals surface area (Å²) in [7, 11) is -3.40. The third kappa shape index (κ3) is 4.36. The zero-order valence-electron chi connectivity index (χ0n) is 8.36. The molecule has 0 aliphatic heterocycles. The molecule has 1 saturated carbocycles. The normalized spacial score (nSPS) is 19.6. The average Bonchev–Trinajstić information content (AvgIpc) is 2.94. The van der Waals surface area contributed by atoms with E-state index >= 15 is 0 Å². The Morgan fingerprint density at radius 2 is 2.07 bits per heavy atom. The highest BCUT2D eigenvalue weighted by atomic mass is 32.2. The SMILES string of the molecule is CCCNS(=O)(=O)NCC(O)C1CC1. The maximum Gasteiger partial charge on any atom is 0.276 e. The van der Waals surface area contributed by atoms with Gasteiger partial charge in [0.25, 0.3) is 10.2 Å². The van der Waals surface area contributed by atoms with Gasteiger partial charge in [-0.25, -0.2) is 4.72 Å². The molecule has 0 aromatic rings. The second kappa shape index (κ2) is 5.06. The predicted octanol–water partition coefficient (Wildman–Crippen LogP) is -0.409. The van der Waals surface area contributed by atoms with Gasteiger partial charge in [0.1, 0.15) is 0 Å². The van der Waals surface area contributed by atoms with Gasteiger partial charge in [0.2, 0.25) is 0 Å². The second-order valence-electron chi connectivity index (χ2n) is 3.65. The number of rotatable bonds is 7. The van der Waals surface area contributed by atoms with Crippen LogP contribution in [-0.2, 0) is 10.2 Å². The number of aliphatic hydroxyl groups is 1. The number of aliphatic hydroxyl groups excluding tert-OH is 1. The van der Waals surface area contributed by atoms with E-state index in [0.717, 1.165) is 19.3 Å². The first-order valence-electron chi connectivity index (χ1n) is 4.97. The first kappa shape index (κ1) is 11.9. The van der Waals surface area contributed by atoms with Crippen molar-refractivity contribution < 1.29 is 13.5 Å². The maximum absolute atomic E-state index is 11.2. The Balaban J connectivity index is 2.20. The molecule has 14 heavy (non-hydrogen) atoms. The van der Waals surface area contributed by atoms with E-state index in [1.165, 1.54) is 0 Å². The van der Waals surface area contributed by atoms with Gasteiger partial charge in [-0.3, -0.25) is 0 Å². The molecule has 6 heteroatoms. The summed E-state index contributed by atoms with van der Waals surface area (Å²) in [6.45, 7) is 2.43. The molecule has 84 valence electrons. The topological polar surface area (TPSA) is 78.4 Å². The third-order valence-corrected chi connectivity index (χ3v) is 3.32. The fourth-order valence-electron chi connectivity index (χ4n) is 1.13. The fourth-order valence-corrected chi connectivity index (χ4v) is 2.10. The van der Waals surface area contributed by atoms with E-state index in [4.69, 9.17) is 0 Å². The molecule has 0 aromatic heterocycles. The summed E-state index contributed by atoms with van der Waals surface area (Å²) in [5, 5.41) is 9.42. The molecule has 1 rings (SSSR count). The Morgan fingerprint density at radius 1 is 1.43 bits per heavy atom. The highest BCUT2D eigenvalue weighted by Gasteiger charge is 2.30. The highest BCUT2D eigenvalue weighted by Crippen LogP contribution is 2.32. The first-order chi connectivity index (χ1) is 6.55. The van der Waals surface area contributed by atoms with Crippen LogP contribution in [0.1, 0.15) is 26.2 Å². The van der Waals surface area contributed by atoms with Crippen molar-refractivity contribution in [3.8, 4) is 0 Å². The van der Waals surface area contributed by atoms with E-state index in [2.05, 4.69) is 9.44 Å². The molecule has 0 spiro atoms. The van der Waals surface area contributed by atoms with Crippen LogP contribution in [0.2, 0.25) is 0 Å². The monoisotopic (exact) mass is 222 g/mol. The smallest absolute Gasteiger partial charge is 0.276 e. The van der Waals surface area contributed by atoms with Crippen molar-refractivity contribution in [1.29, 1.82) is 0 Å². The molecule has 1 unspecified atom stereocenters. The van der Waals surface area contributed by atoms with Gasteiger partial charge in [-0.2, -0.15) is 13.1 Å². The van der Waals surface area contributed by atoms with Crippen molar-refractivity contribution >= 4 is 10.2 Å². The van der Waals surface area contributed by atoms with Crippen LogP contribution < -0.4 is 9.44 Å². The molecule has 0 bridgehead atoms. The Kier molecular flexibility index (Phi) is 4.31. The molecule has 1 aliphatic rings. The minimum absolute atomic E-state index is 0.115. The van der Waals surface area contributed by atoms with E-state index < -0.39 is 16.3 Å². The Hall–Kier alpha value is -0.170. The molecule has 0 amide bonds.